The summed E-state index contributed by atoms with van der Waals surface area (Å²) in [5.41, 5.74) is 7.97. The zero-order valence-electron chi connectivity index (χ0n) is 21.2. The fourth-order valence-corrected chi connectivity index (χ4v) is 3.59. The molecule has 0 aromatic heterocycles. The first-order valence-corrected chi connectivity index (χ1v) is 11.5. The number of carbonyl (C=O) groups excluding carboxylic acids is 3. The molecular weight excluding hydrogens is 490 g/mol. The molecule has 0 aliphatic rings. The summed E-state index contributed by atoms with van der Waals surface area (Å²) in [5.74, 6) is -0.722. The maximum Gasteiger partial charge on any atom is 0.419 e. The molecule has 0 bridgehead atoms. The number of amides is 2. The molecule has 2 amide bonds. The smallest absolute Gasteiger partial charge is 0.419 e. The van der Waals surface area contributed by atoms with E-state index in [0.717, 1.165) is 12.5 Å². The van der Waals surface area contributed by atoms with E-state index in [2.05, 4.69) is 20.7 Å². The van der Waals surface area contributed by atoms with Crippen molar-refractivity contribution in [1.29, 1.82) is 5.41 Å². The van der Waals surface area contributed by atoms with Crippen LogP contribution in [0.2, 0.25) is 0 Å². The molecule has 3 aromatic carbocycles. The van der Waals surface area contributed by atoms with Crippen molar-refractivity contribution in [2.45, 2.75) is 19.5 Å². The Kier molecular flexibility index (Phi) is 9.25. The normalized spacial score (nSPS) is 11.0. The summed E-state index contributed by atoms with van der Waals surface area (Å²) in [6.45, 7) is 1.35. The van der Waals surface area contributed by atoms with Crippen LogP contribution in [0.15, 0.2) is 66.7 Å². The minimum atomic E-state index is -1.05. The molecule has 11 heteroatoms. The molecule has 3 aromatic rings. The highest BCUT2D eigenvalue weighted by molar-refractivity contribution is 5.96. The van der Waals surface area contributed by atoms with Crippen molar-refractivity contribution in [2.75, 3.05) is 24.9 Å². The summed E-state index contributed by atoms with van der Waals surface area (Å²) in [5, 5.41) is 16.2. The van der Waals surface area contributed by atoms with Crippen LogP contribution in [0.25, 0.3) is 0 Å². The predicted molar refractivity (Wildman–Crippen MR) is 142 cm³/mol. The van der Waals surface area contributed by atoms with Crippen LogP contribution in [0.4, 0.5) is 16.2 Å². The first-order valence-electron chi connectivity index (χ1n) is 11.5. The predicted octanol–water partition coefficient (Wildman–Crippen LogP) is 3.55. The third-order valence-corrected chi connectivity index (χ3v) is 5.42. The zero-order valence-corrected chi connectivity index (χ0v) is 21.2. The van der Waals surface area contributed by atoms with Crippen molar-refractivity contribution in [3.63, 3.8) is 0 Å². The molecule has 0 heterocycles. The molecular formula is C27H29N5O6. The van der Waals surface area contributed by atoms with Gasteiger partial charge in [-0.1, -0.05) is 30.3 Å². The number of nitrogens with two attached hydrogens (primary N) is 1. The van der Waals surface area contributed by atoms with Crippen LogP contribution in [0.5, 0.6) is 11.5 Å². The van der Waals surface area contributed by atoms with Crippen molar-refractivity contribution in [1.82, 2.24) is 5.32 Å². The van der Waals surface area contributed by atoms with Gasteiger partial charge in [-0.15, -0.1) is 0 Å². The van der Waals surface area contributed by atoms with E-state index in [0.29, 0.717) is 22.6 Å². The Bertz CT molecular complexity index is 1310. The van der Waals surface area contributed by atoms with E-state index in [1.807, 2.05) is 30.3 Å². The van der Waals surface area contributed by atoms with Gasteiger partial charge in [-0.3, -0.25) is 20.3 Å². The van der Waals surface area contributed by atoms with E-state index in [4.69, 9.17) is 20.6 Å². The van der Waals surface area contributed by atoms with Crippen molar-refractivity contribution < 1.29 is 28.6 Å². The molecule has 0 saturated heterocycles. The zero-order chi connectivity index (χ0) is 27.7. The van der Waals surface area contributed by atoms with Crippen LogP contribution in [-0.4, -0.2) is 38.0 Å². The standard InChI is InChI=1S/C27H29N5O6/c1-16(33)38-27(35)32-21-14-23(37-3)22(36-2)13-20(21)24(26(34)30-15-17-7-5-4-6-8-17)31-19-11-9-18(10-12-19)25(28)29/h4-14,24,31H,15H2,1-3H3,(H3,28,29)(H,30,34)(H,32,35). The first kappa shape index (κ1) is 27.5. The van der Waals surface area contributed by atoms with E-state index in [9.17, 15) is 14.4 Å². The van der Waals surface area contributed by atoms with Gasteiger partial charge in [0.15, 0.2) is 11.5 Å². The second-order valence-electron chi connectivity index (χ2n) is 8.07. The molecule has 198 valence electrons. The number of amidine groups is 1. The monoisotopic (exact) mass is 519 g/mol. The Balaban J connectivity index is 2.04. The molecule has 0 spiro atoms. The largest absolute Gasteiger partial charge is 0.493 e. The summed E-state index contributed by atoms with van der Waals surface area (Å²) >= 11 is 0. The number of methoxy groups -OCH3 is 2. The number of benzene rings is 3. The minimum Gasteiger partial charge on any atom is -0.493 e. The topological polar surface area (TPSA) is 165 Å². The van der Waals surface area contributed by atoms with Crippen LogP contribution in [0.3, 0.4) is 0 Å². The van der Waals surface area contributed by atoms with Crippen LogP contribution < -0.4 is 31.2 Å². The number of nitrogens with one attached hydrogen (secondary N) is 4. The molecule has 0 fully saturated rings. The number of carbonyl (C=O) groups is 3. The van der Waals surface area contributed by atoms with Crippen LogP contribution in [0, 0.1) is 5.41 Å². The maximum absolute atomic E-state index is 13.6. The van der Waals surface area contributed by atoms with E-state index in [1.165, 1.54) is 20.3 Å². The summed E-state index contributed by atoms with van der Waals surface area (Å²) in [4.78, 5) is 37.2. The van der Waals surface area contributed by atoms with E-state index in [1.54, 1.807) is 30.3 Å². The number of ether oxygens (including phenoxy) is 3. The molecule has 0 aliphatic heterocycles. The van der Waals surface area contributed by atoms with E-state index in [-0.39, 0.29) is 23.8 Å². The van der Waals surface area contributed by atoms with Gasteiger partial charge in [0.1, 0.15) is 11.9 Å². The van der Waals surface area contributed by atoms with Gasteiger partial charge in [0.2, 0.25) is 5.91 Å². The highest BCUT2D eigenvalue weighted by atomic mass is 16.6. The number of hydrogen-bond acceptors (Lipinski definition) is 8. The maximum atomic E-state index is 13.6. The lowest BCUT2D eigenvalue weighted by Crippen LogP contribution is -2.34. The molecule has 0 radical (unpaired) electrons. The third-order valence-electron chi connectivity index (χ3n) is 5.42. The van der Waals surface area contributed by atoms with E-state index >= 15 is 0 Å². The van der Waals surface area contributed by atoms with Crippen LogP contribution in [0.1, 0.15) is 29.7 Å². The summed E-state index contributed by atoms with van der Waals surface area (Å²) in [6.07, 6.45) is -1.03. The minimum absolute atomic E-state index is 0.0935. The quantitative estimate of drug-likeness (QED) is 0.117. The third kappa shape index (κ3) is 7.23. The molecule has 11 nitrogen and oxygen atoms in total. The van der Waals surface area contributed by atoms with Gasteiger partial charge in [0, 0.05) is 36.3 Å². The molecule has 6 N–H and O–H groups in total. The number of nitrogen functional groups attached to an aromatic ring is 1. The number of hydrogen-bond donors (Lipinski definition) is 5. The Hall–Kier alpha value is -5.06. The Morgan fingerprint density at radius 1 is 0.947 bits per heavy atom. The number of anilines is 2. The number of esters is 1. The Morgan fingerprint density at radius 2 is 1.58 bits per heavy atom. The Labute approximate surface area is 219 Å². The van der Waals surface area contributed by atoms with Crippen LogP contribution in [-0.2, 0) is 20.9 Å². The average Bonchev–Trinajstić information content (AvgIpc) is 2.90. The fourth-order valence-electron chi connectivity index (χ4n) is 3.59. The lowest BCUT2D eigenvalue weighted by Gasteiger charge is -2.24. The average molecular weight is 520 g/mol. The van der Waals surface area contributed by atoms with Gasteiger partial charge in [0.25, 0.3) is 0 Å². The van der Waals surface area contributed by atoms with Crippen molar-refractivity contribution in [3.05, 3.63) is 83.4 Å². The van der Waals surface area contributed by atoms with Gasteiger partial charge in [-0.05, 0) is 35.9 Å². The van der Waals surface area contributed by atoms with Gasteiger partial charge in [-0.25, -0.2) is 4.79 Å². The molecule has 38 heavy (non-hydrogen) atoms. The Morgan fingerprint density at radius 3 is 2.16 bits per heavy atom. The van der Waals surface area contributed by atoms with Gasteiger partial charge in [0.05, 0.1) is 19.9 Å². The summed E-state index contributed by atoms with van der Waals surface area (Å²) in [7, 11) is 2.87. The molecule has 0 aliphatic carbocycles. The lowest BCUT2D eigenvalue weighted by atomic mass is 10.0. The second kappa shape index (κ2) is 12.8. The summed E-state index contributed by atoms with van der Waals surface area (Å²) in [6, 6.07) is 18.0. The fraction of sp³-hybridized carbons (Fsp3) is 0.185. The highest BCUT2D eigenvalue weighted by Crippen LogP contribution is 2.37. The molecule has 1 atom stereocenters. The molecule has 3 rings (SSSR count). The lowest BCUT2D eigenvalue weighted by molar-refractivity contribution is -0.134. The SMILES string of the molecule is COc1cc(NC(=O)OC(C)=O)c(C(Nc2ccc(C(=N)N)cc2)C(=O)NCc2ccccc2)cc1OC. The van der Waals surface area contributed by atoms with Crippen molar-refractivity contribution in [2.24, 2.45) is 5.73 Å². The van der Waals surface area contributed by atoms with Crippen molar-refractivity contribution in [3.8, 4) is 11.5 Å². The van der Waals surface area contributed by atoms with Gasteiger partial charge >= 0.3 is 12.1 Å². The second-order valence-corrected chi connectivity index (χ2v) is 8.07. The van der Waals surface area contributed by atoms with E-state index < -0.39 is 24.0 Å². The first-order chi connectivity index (χ1) is 18.2. The van der Waals surface area contributed by atoms with Crippen LogP contribution >= 0.6 is 0 Å². The van der Waals surface area contributed by atoms with Gasteiger partial charge in [-0.2, -0.15) is 0 Å². The molecule has 0 saturated carbocycles. The van der Waals surface area contributed by atoms with Gasteiger partial charge < -0.3 is 30.6 Å². The van der Waals surface area contributed by atoms with Crippen molar-refractivity contribution >= 4 is 35.2 Å². The number of rotatable bonds is 10. The molecule has 1 unspecified atom stereocenters. The summed E-state index contributed by atoms with van der Waals surface area (Å²) < 4.78 is 15.4. The highest BCUT2D eigenvalue weighted by Gasteiger charge is 2.27.